The third-order valence-electron chi connectivity index (χ3n) is 2.39. The van der Waals surface area contributed by atoms with Crippen LogP contribution in [0.25, 0.3) is 0 Å². The zero-order chi connectivity index (χ0) is 12.1. The molecule has 0 saturated heterocycles. The van der Waals surface area contributed by atoms with Gasteiger partial charge < -0.3 is 9.84 Å². The lowest BCUT2D eigenvalue weighted by atomic mass is 10.1. The SMILES string of the molecule is CC(C)CCOc1cc([C@H](C)O)ccc1F. The molecule has 0 saturated carbocycles. The molecule has 1 rings (SSSR count). The van der Waals surface area contributed by atoms with Crippen molar-refractivity contribution in [1.82, 2.24) is 0 Å². The molecule has 0 amide bonds. The molecule has 0 heterocycles. The standard InChI is InChI=1S/C13H19FO2/c1-9(2)6-7-16-13-8-11(10(3)15)4-5-12(13)14/h4-5,8-10,15H,6-7H2,1-3H3/t10-/m0/s1. The van der Waals surface area contributed by atoms with Crippen molar-refractivity contribution in [3.63, 3.8) is 0 Å². The molecule has 0 aromatic heterocycles. The second-order valence-electron chi connectivity index (χ2n) is 4.40. The predicted molar refractivity (Wildman–Crippen MR) is 62.0 cm³/mol. The Hall–Kier alpha value is -1.09. The number of rotatable bonds is 5. The van der Waals surface area contributed by atoms with E-state index in [2.05, 4.69) is 13.8 Å². The zero-order valence-electron chi connectivity index (χ0n) is 10.0. The maximum Gasteiger partial charge on any atom is 0.165 e. The minimum absolute atomic E-state index is 0.221. The van der Waals surface area contributed by atoms with Crippen LogP contribution in [0.5, 0.6) is 5.75 Å². The summed E-state index contributed by atoms with van der Waals surface area (Å²) in [5.74, 6) is 0.371. The van der Waals surface area contributed by atoms with E-state index in [4.69, 9.17) is 4.74 Å². The van der Waals surface area contributed by atoms with Gasteiger partial charge in [-0.05, 0) is 37.0 Å². The van der Waals surface area contributed by atoms with E-state index in [1.54, 1.807) is 19.1 Å². The molecular formula is C13H19FO2. The Bertz CT molecular complexity index is 335. The van der Waals surface area contributed by atoms with Gasteiger partial charge in [-0.1, -0.05) is 19.9 Å². The molecule has 0 aliphatic rings. The summed E-state index contributed by atoms with van der Waals surface area (Å²) >= 11 is 0. The highest BCUT2D eigenvalue weighted by molar-refractivity contribution is 5.31. The van der Waals surface area contributed by atoms with Gasteiger partial charge in [-0.2, -0.15) is 0 Å². The van der Waals surface area contributed by atoms with Crippen molar-refractivity contribution < 1.29 is 14.2 Å². The Morgan fingerprint density at radius 2 is 2.00 bits per heavy atom. The summed E-state index contributed by atoms with van der Waals surface area (Å²) in [7, 11) is 0. The normalized spacial score (nSPS) is 12.9. The fourth-order valence-electron chi connectivity index (χ4n) is 1.30. The van der Waals surface area contributed by atoms with Crippen LogP contribution in [-0.4, -0.2) is 11.7 Å². The quantitative estimate of drug-likeness (QED) is 0.834. The molecule has 1 atom stereocenters. The van der Waals surface area contributed by atoms with Gasteiger partial charge in [0.05, 0.1) is 12.7 Å². The second-order valence-corrected chi connectivity index (χ2v) is 4.40. The van der Waals surface area contributed by atoms with Gasteiger partial charge in [-0.3, -0.25) is 0 Å². The summed E-state index contributed by atoms with van der Waals surface area (Å²) in [5, 5.41) is 9.37. The lowest BCUT2D eigenvalue weighted by molar-refractivity contribution is 0.198. The molecule has 3 heteroatoms. The lowest BCUT2D eigenvalue weighted by Gasteiger charge is -2.11. The average molecular weight is 226 g/mol. The van der Waals surface area contributed by atoms with Crippen LogP contribution >= 0.6 is 0 Å². The van der Waals surface area contributed by atoms with Crippen LogP contribution < -0.4 is 4.74 Å². The van der Waals surface area contributed by atoms with Gasteiger partial charge in [0.1, 0.15) is 0 Å². The first kappa shape index (κ1) is 13.0. The summed E-state index contributed by atoms with van der Waals surface area (Å²) in [6.07, 6.45) is 0.284. The number of halogens is 1. The summed E-state index contributed by atoms with van der Waals surface area (Å²) in [4.78, 5) is 0. The second kappa shape index (κ2) is 5.85. The van der Waals surface area contributed by atoms with Crippen LogP contribution in [0, 0.1) is 11.7 Å². The smallest absolute Gasteiger partial charge is 0.165 e. The third-order valence-corrected chi connectivity index (χ3v) is 2.39. The Labute approximate surface area is 96.1 Å². The Balaban J connectivity index is 2.67. The van der Waals surface area contributed by atoms with Crippen LogP contribution in [0.15, 0.2) is 18.2 Å². The summed E-state index contributed by atoms with van der Waals surface area (Å²) in [6, 6.07) is 4.45. The van der Waals surface area contributed by atoms with E-state index in [1.807, 2.05) is 0 Å². The van der Waals surface area contributed by atoms with Crippen LogP contribution in [0.3, 0.4) is 0 Å². The fraction of sp³-hybridized carbons (Fsp3) is 0.538. The highest BCUT2D eigenvalue weighted by Crippen LogP contribution is 2.23. The van der Waals surface area contributed by atoms with Crippen molar-refractivity contribution in [2.24, 2.45) is 5.92 Å². The maximum atomic E-state index is 13.4. The molecule has 16 heavy (non-hydrogen) atoms. The molecular weight excluding hydrogens is 207 g/mol. The first-order valence-electron chi connectivity index (χ1n) is 5.61. The van der Waals surface area contributed by atoms with E-state index in [9.17, 15) is 9.50 Å². The maximum absolute atomic E-state index is 13.4. The van der Waals surface area contributed by atoms with Crippen molar-refractivity contribution in [1.29, 1.82) is 0 Å². The van der Waals surface area contributed by atoms with Gasteiger partial charge in [0.25, 0.3) is 0 Å². The molecule has 0 unspecified atom stereocenters. The van der Waals surface area contributed by atoms with Crippen LogP contribution in [-0.2, 0) is 0 Å². The predicted octanol–water partition coefficient (Wildman–Crippen LogP) is 3.30. The molecule has 1 aromatic rings. The Morgan fingerprint density at radius 3 is 2.56 bits per heavy atom. The molecule has 0 bridgehead atoms. The average Bonchev–Trinajstić information content (AvgIpc) is 2.20. The highest BCUT2D eigenvalue weighted by Gasteiger charge is 2.08. The molecule has 1 N–H and O–H groups in total. The Kier molecular flexibility index (Phi) is 4.74. The third kappa shape index (κ3) is 3.81. The number of hydrogen-bond acceptors (Lipinski definition) is 2. The van der Waals surface area contributed by atoms with Crippen molar-refractivity contribution >= 4 is 0 Å². The Morgan fingerprint density at radius 1 is 1.31 bits per heavy atom. The molecule has 0 fully saturated rings. The number of aliphatic hydroxyl groups is 1. The van der Waals surface area contributed by atoms with Gasteiger partial charge in [0.15, 0.2) is 11.6 Å². The number of ether oxygens (including phenoxy) is 1. The number of aliphatic hydroxyl groups excluding tert-OH is 1. The van der Waals surface area contributed by atoms with Crippen LogP contribution in [0.1, 0.15) is 38.9 Å². The zero-order valence-corrected chi connectivity index (χ0v) is 10.0. The lowest BCUT2D eigenvalue weighted by Crippen LogP contribution is -2.03. The van der Waals surface area contributed by atoms with Gasteiger partial charge >= 0.3 is 0 Å². The van der Waals surface area contributed by atoms with E-state index >= 15 is 0 Å². The van der Waals surface area contributed by atoms with E-state index in [1.165, 1.54) is 6.07 Å². The van der Waals surface area contributed by atoms with Gasteiger partial charge in [0, 0.05) is 0 Å². The topological polar surface area (TPSA) is 29.5 Å². The highest BCUT2D eigenvalue weighted by atomic mass is 19.1. The summed E-state index contributed by atoms with van der Waals surface area (Å²) < 4.78 is 18.7. The monoisotopic (exact) mass is 226 g/mol. The van der Waals surface area contributed by atoms with Crippen molar-refractivity contribution in [3.8, 4) is 5.75 Å². The molecule has 0 aliphatic heterocycles. The van der Waals surface area contributed by atoms with Crippen molar-refractivity contribution in [2.45, 2.75) is 33.3 Å². The van der Waals surface area contributed by atoms with Crippen molar-refractivity contribution in [2.75, 3.05) is 6.61 Å². The molecule has 90 valence electrons. The summed E-state index contributed by atoms with van der Waals surface area (Å²) in [5.41, 5.74) is 0.668. The van der Waals surface area contributed by atoms with Gasteiger partial charge in [0.2, 0.25) is 0 Å². The van der Waals surface area contributed by atoms with E-state index in [0.717, 1.165) is 6.42 Å². The molecule has 0 radical (unpaired) electrons. The minimum Gasteiger partial charge on any atom is -0.490 e. The van der Waals surface area contributed by atoms with Crippen LogP contribution in [0.2, 0.25) is 0 Å². The summed E-state index contributed by atoms with van der Waals surface area (Å²) in [6.45, 7) is 6.32. The molecule has 0 aliphatic carbocycles. The fourth-order valence-corrected chi connectivity index (χ4v) is 1.30. The van der Waals surface area contributed by atoms with Crippen molar-refractivity contribution in [3.05, 3.63) is 29.6 Å². The number of hydrogen-bond donors (Lipinski definition) is 1. The molecule has 1 aromatic carbocycles. The number of benzene rings is 1. The molecule has 0 spiro atoms. The van der Waals surface area contributed by atoms with Gasteiger partial charge in [-0.25, -0.2) is 4.39 Å². The first-order valence-corrected chi connectivity index (χ1v) is 5.61. The van der Waals surface area contributed by atoms with Gasteiger partial charge in [-0.15, -0.1) is 0 Å². The first-order chi connectivity index (χ1) is 7.50. The van der Waals surface area contributed by atoms with E-state index in [-0.39, 0.29) is 11.6 Å². The molecule has 2 nitrogen and oxygen atoms in total. The van der Waals surface area contributed by atoms with Crippen LogP contribution in [0.4, 0.5) is 4.39 Å². The van der Waals surface area contributed by atoms with E-state index < -0.39 is 6.10 Å². The largest absolute Gasteiger partial charge is 0.490 e. The van der Waals surface area contributed by atoms with E-state index in [0.29, 0.717) is 18.1 Å². The minimum atomic E-state index is -0.604.